The molecule has 0 radical (unpaired) electrons. The highest BCUT2D eigenvalue weighted by Gasteiger charge is 2.35. The topological polar surface area (TPSA) is 78.4 Å². The molecule has 20 heavy (non-hydrogen) atoms. The SMILES string of the molecule is CC1(C)CCCC(NC(=O)NC2CCCC2C(=O)O)C1. The summed E-state index contributed by atoms with van der Waals surface area (Å²) in [7, 11) is 0. The number of carbonyl (C=O) groups excluding carboxylic acids is 1. The standard InChI is InChI=1S/C15H26N2O3/c1-15(2)8-4-5-10(9-15)16-14(20)17-12-7-3-6-11(12)13(18)19/h10-12H,3-9H2,1-2H3,(H,18,19)(H2,16,17,20). The number of urea groups is 1. The molecular formula is C15H26N2O3. The molecule has 2 rings (SSSR count). The van der Waals surface area contributed by atoms with Gasteiger partial charge in [-0.3, -0.25) is 4.79 Å². The van der Waals surface area contributed by atoms with Gasteiger partial charge in [0.25, 0.3) is 0 Å². The molecule has 0 spiro atoms. The average Bonchev–Trinajstić information content (AvgIpc) is 2.75. The highest BCUT2D eigenvalue weighted by molar-refractivity contribution is 5.77. The molecule has 0 aromatic heterocycles. The van der Waals surface area contributed by atoms with Crippen molar-refractivity contribution in [1.29, 1.82) is 0 Å². The first kappa shape index (κ1) is 15.1. The van der Waals surface area contributed by atoms with Crippen LogP contribution in [0.25, 0.3) is 0 Å². The third-order valence-electron chi connectivity index (χ3n) is 4.69. The Bertz CT molecular complexity index is 381. The molecule has 2 fully saturated rings. The molecule has 0 aromatic rings. The molecular weight excluding hydrogens is 256 g/mol. The fourth-order valence-corrected chi connectivity index (χ4v) is 3.65. The number of hydrogen-bond donors (Lipinski definition) is 3. The van der Waals surface area contributed by atoms with E-state index in [1.807, 2.05) is 0 Å². The number of carbonyl (C=O) groups is 2. The monoisotopic (exact) mass is 282 g/mol. The Morgan fingerprint density at radius 1 is 1.10 bits per heavy atom. The zero-order valence-corrected chi connectivity index (χ0v) is 12.4. The maximum Gasteiger partial charge on any atom is 0.315 e. The lowest BCUT2D eigenvalue weighted by Gasteiger charge is -2.35. The number of amides is 2. The summed E-state index contributed by atoms with van der Waals surface area (Å²) in [6.45, 7) is 4.46. The minimum absolute atomic E-state index is 0.203. The molecule has 5 nitrogen and oxygen atoms in total. The van der Waals surface area contributed by atoms with Gasteiger partial charge in [-0.1, -0.05) is 26.7 Å². The predicted octanol–water partition coefficient (Wildman–Crippen LogP) is 2.51. The van der Waals surface area contributed by atoms with Crippen molar-refractivity contribution in [2.24, 2.45) is 11.3 Å². The number of carboxylic acids is 1. The molecule has 0 heterocycles. The largest absolute Gasteiger partial charge is 0.481 e. The third kappa shape index (κ3) is 3.87. The van der Waals surface area contributed by atoms with E-state index >= 15 is 0 Å². The minimum atomic E-state index is -0.799. The van der Waals surface area contributed by atoms with Crippen LogP contribution in [0.1, 0.15) is 58.8 Å². The molecule has 5 heteroatoms. The number of aliphatic carboxylic acids is 1. The van der Waals surface area contributed by atoms with Crippen LogP contribution in [-0.2, 0) is 4.79 Å². The lowest BCUT2D eigenvalue weighted by molar-refractivity contribution is -0.142. The van der Waals surface area contributed by atoms with Crippen LogP contribution < -0.4 is 10.6 Å². The Morgan fingerprint density at radius 3 is 2.50 bits per heavy atom. The van der Waals surface area contributed by atoms with Gasteiger partial charge < -0.3 is 15.7 Å². The third-order valence-corrected chi connectivity index (χ3v) is 4.69. The average molecular weight is 282 g/mol. The van der Waals surface area contributed by atoms with Crippen molar-refractivity contribution in [3.63, 3.8) is 0 Å². The van der Waals surface area contributed by atoms with E-state index in [4.69, 9.17) is 5.11 Å². The van der Waals surface area contributed by atoms with Crippen LogP contribution in [0.2, 0.25) is 0 Å². The van der Waals surface area contributed by atoms with Gasteiger partial charge in [0.1, 0.15) is 0 Å². The Labute approximate surface area is 120 Å². The molecule has 2 aliphatic rings. The molecule has 3 N–H and O–H groups in total. The van der Waals surface area contributed by atoms with E-state index in [9.17, 15) is 9.59 Å². The second-order valence-electron chi connectivity index (χ2n) is 7.06. The second-order valence-corrected chi connectivity index (χ2v) is 7.06. The molecule has 0 bridgehead atoms. The molecule has 3 unspecified atom stereocenters. The number of carboxylic acid groups (broad SMARTS) is 1. The van der Waals surface area contributed by atoms with Gasteiger partial charge in [0.15, 0.2) is 0 Å². The first-order chi connectivity index (χ1) is 9.37. The normalized spacial score (nSPS) is 32.6. The molecule has 0 aliphatic heterocycles. The maximum atomic E-state index is 12.0. The number of rotatable bonds is 3. The van der Waals surface area contributed by atoms with Crippen LogP contribution >= 0.6 is 0 Å². The zero-order chi connectivity index (χ0) is 14.8. The molecule has 2 aliphatic carbocycles. The second kappa shape index (κ2) is 6.02. The maximum absolute atomic E-state index is 12.0. The zero-order valence-electron chi connectivity index (χ0n) is 12.4. The first-order valence-electron chi connectivity index (χ1n) is 7.67. The summed E-state index contributed by atoms with van der Waals surface area (Å²) in [4.78, 5) is 23.1. The van der Waals surface area contributed by atoms with Gasteiger partial charge in [-0.25, -0.2) is 4.79 Å². The first-order valence-corrected chi connectivity index (χ1v) is 7.67. The molecule has 2 saturated carbocycles. The Kier molecular flexibility index (Phi) is 4.55. The quantitative estimate of drug-likeness (QED) is 0.744. The minimum Gasteiger partial charge on any atom is -0.481 e. The van der Waals surface area contributed by atoms with Gasteiger partial charge in [0, 0.05) is 12.1 Å². The van der Waals surface area contributed by atoms with Crippen LogP contribution in [0, 0.1) is 11.3 Å². The van der Waals surface area contributed by atoms with E-state index < -0.39 is 11.9 Å². The summed E-state index contributed by atoms with van der Waals surface area (Å²) >= 11 is 0. The van der Waals surface area contributed by atoms with Crippen molar-refractivity contribution in [2.75, 3.05) is 0 Å². The van der Waals surface area contributed by atoms with E-state index in [0.717, 1.165) is 32.1 Å². The van der Waals surface area contributed by atoms with Gasteiger partial charge >= 0.3 is 12.0 Å². The summed E-state index contributed by atoms with van der Waals surface area (Å²) in [5.41, 5.74) is 0.285. The lowest BCUT2D eigenvalue weighted by Crippen LogP contribution is -2.50. The van der Waals surface area contributed by atoms with Gasteiger partial charge in [0.05, 0.1) is 5.92 Å². The molecule has 114 valence electrons. The van der Waals surface area contributed by atoms with Crippen LogP contribution in [0.4, 0.5) is 4.79 Å². The fraction of sp³-hybridized carbons (Fsp3) is 0.867. The van der Waals surface area contributed by atoms with E-state index in [1.54, 1.807) is 0 Å². The van der Waals surface area contributed by atoms with Crippen LogP contribution in [0.3, 0.4) is 0 Å². The Balaban J connectivity index is 1.82. The summed E-state index contributed by atoms with van der Waals surface area (Å²) in [5, 5.41) is 15.0. The van der Waals surface area contributed by atoms with Crippen molar-refractivity contribution >= 4 is 12.0 Å². The van der Waals surface area contributed by atoms with E-state index in [1.165, 1.54) is 6.42 Å². The summed E-state index contributed by atoms with van der Waals surface area (Å²) < 4.78 is 0. The van der Waals surface area contributed by atoms with E-state index in [0.29, 0.717) is 6.42 Å². The smallest absolute Gasteiger partial charge is 0.315 e. The fourth-order valence-electron chi connectivity index (χ4n) is 3.65. The summed E-state index contributed by atoms with van der Waals surface area (Å²) in [5.74, 6) is -1.23. The molecule has 2 amide bonds. The molecule has 0 aromatic carbocycles. The Hall–Kier alpha value is -1.26. The van der Waals surface area contributed by atoms with Gasteiger partial charge in [-0.05, 0) is 37.5 Å². The van der Waals surface area contributed by atoms with Crippen molar-refractivity contribution in [2.45, 2.75) is 70.9 Å². The van der Waals surface area contributed by atoms with Crippen molar-refractivity contribution in [3.05, 3.63) is 0 Å². The van der Waals surface area contributed by atoms with Crippen LogP contribution in [-0.4, -0.2) is 29.2 Å². The highest BCUT2D eigenvalue weighted by atomic mass is 16.4. The van der Waals surface area contributed by atoms with Crippen molar-refractivity contribution in [1.82, 2.24) is 10.6 Å². The number of nitrogens with one attached hydrogen (secondary N) is 2. The van der Waals surface area contributed by atoms with Crippen LogP contribution in [0.15, 0.2) is 0 Å². The predicted molar refractivity (Wildman–Crippen MR) is 76.5 cm³/mol. The van der Waals surface area contributed by atoms with Gasteiger partial charge in [-0.15, -0.1) is 0 Å². The van der Waals surface area contributed by atoms with E-state index in [2.05, 4.69) is 24.5 Å². The lowest BCUT2D eigenvalue weighted by atomic mass is 9.75. The summed E-state index contributed by atoms with van der Waals surface area (Å²) in [6, 6.07) is -0.210. The Morgan fingerprint density at radius 2 is 1.85 bits per heavy atom. The highest BCUT2D eigenvalue weighted by Crippen LogP contribution is 2.35. The van der Waals surface area contributed by atoms with E-state index in [-0.39, 0.29) is 23.5 Å². The van der Waals surface area contributed by atoms with Crippen LogP contribution in [0.5, 0.6) is 0 Å². The number of hydrogen-bond acceptors (Lipinski definition) is 2. The van der Waals surface area contributed by atoms with Crippen molar-refractivity contribution < 1.29 is 14.7 Å². The van der Waals surface area contributed by atoms with Crippen molar-refractivity contribution in [3.8, 4) is 0 Å². The summed E-state index contributed by atoms with van der Waals surface area (Å²) in [6.07, 6.45) is 6.66. The van der Waals surface area contributed by atoms with Gasteiger partial charge in [0.2, 0.25) is 0 Å². The molecule has 0 saturated heterocycles. The molecule has 3 atom stereocenters. The van der Waals surface area contributed by atoms with Gasteiger partial charge in [-0.2, -0.15) is 0 Å².